The molecule has 1 aromatic carbocycles. The Morgan fingerprint density at radius 1 is 1.31 bits per heavy atom. The number of nitrogens with zero attached hydrogens (tertiary/aromatic N) is 1. The van der Waals surface area contributed by atoms with Gasteiger partial charge in [-0.1, -0.05) is 6.07 Å². The van der Waals surface area contributed by atoms with E-state index in [0.29, 0.717) is 12.0 Å². The Labute approximate surface area is 161 Å². The first-order valence-electron chi connectivity index (χ1n) is 9.59. The van der Waals surface area contributed by atoms with Crippen molar-refractivity contribution in [2.45, 2.75) is 38.2 Å². The molecule has 3 fully saturated rings. The molecule has 3 aliphatic rings. The van der Waals surface area contributed by atoms with Crippen molar-refractivity contribution in [3.05, 3.63) is 29.8 Å². The first-order valence-corrected chi connectivity index (χ1v) is 9.59. The van der Waals surface area contributed by atoms with E-state index in [-0.39, 0.29) is 24.4 Å². The third-order valence-corrected chi connectivity index (χ3v) is 5.98. The summed E-state index contributed by atoms with van der Waals surface area (Å²) in [5, 5.41) is 3.47. The number of halogens is 1. The number of likely N-dealkylation sites (tertiary alicyclic amines) is 1. The maximum absolute atomic E-state index is 12.8. The van der Waals surface area contributed by atoms with Crippen LogP contribution in [0.4, 0.5) is 0 Å². The predicted molar refractivity (Wildman–Crippen MR) is 103 cm³/mol. The first-order chi connectivity index (χ1) is 12.2. The average molecular weight is 381 g/mol. The number of carbonyl (C=O) groups excluding carboxylic acids is 1. The van der Waals surface area contributed by atoms with Gasteiger partial charge in [0.15, 0.2) is 0 Å². The number of ether oxygens (including phenoxy) is 2. The SMILES string of the molecule is Cl.O=C(c1cccc(OCC2CCCO2)c1)N1CCC2(CCNC2)CC1. The Kier molecular flexibility index (Phi) is 6.43. The van der Waals surface area contributed by atoms with Crippen LogP contribution in [0.5, 0.6) is 5.75 Å². The van der Waals surface area contributed by atoms with Crippen molar-refractivity contribution in [2.24, 2.45) is 5.41 Å². The van der Waals surface area contributed by atoms with Crippen LogP contribution in [0.3, 0.4) is 0 Å². The second-order valence-electron chi connectivity index (χ2n) is 7.69. The van der Waals surface area contributed by atoms with E-state index in [1.165, 1.54) is 6.42 Å². The monoisotopic (exact) mass is 380 g/mol. The molecule has 0 aromatic heterocycles. The summed E-state index contributed by atoms with van der Waals surface area (Å²) in [6.07, 6.45) is 5.84. The molecule has 4 rings (SSSR count). The zero-order valence-corrected chi connectivity index (χ0v) is 16.1. The van der Waals surface area contributed by atoms with Gasteiger partial charge in [-0.15, -0.1) is 12.4 Å². The minimum atomic E-state index is 0. The standard InChI is InChI=1S/C20H28N2O3.ClH/c23-19(22-10-7-20(8-11-22)6-9-21-15-20)16-3-1-4-17(13-16)25-14-18-5-2-12-24-18;/h1,3-4,13,18,21H,2,5-12,14-15H2;1H. The number of nitrogens with one attached hydrogen (secondary N) is 1. The molecule has 3 saturated heterocycles. The van der Waals surface area contributed by atoms with Crippen molar-refractivity contribution >= 4 is 18.3 Å². The molecular formula is C20H29ClN2O3. The van der Waals surface area contributed by atoms with Crippen LogP contribution in [0.15, 0.2) is 24.3 Å². The Hall–Kier alpha value is -1.30. The van der Waals surface area contributed by atoms with Gasteiger partial charge in [0.25, 0.3) is 5.91 Å². The van der Waals surface area contributed by atoms with Gasteiger partial charge in [0.2, 0.25) is 0 Å². The quantitative estimate of drug-likeness (QED) is 0.872. The van der Waals surface area contributed by atoms with Gasteiger partial charge in [-0.25, -0.2) is 0 Å². The molecule has 1 spiro atoms. The number of amides is 1. The van der Waals surface area contributed by atoms with Crippen LogP contribution in [0.2, 0.25) is 0 Å². The summed E-state index contributed by atoms with van der Waals surface area (Å²) in [5.74, 6) is 0.887. The molecule has 0 saturated carbocycles. The van der Waals surface area contributed by atoms with E-state index in [9.17, 15) is 4.79 Å². The van der Waals surface area contributed by atoms with Crippen molar-refractivity contribution in [1.29, 1.82) is 0 Å². The lowest BCUT2D eigenvalue weighted by Gasteiger charge is -2.38. The van der Waals surface area contributed by atoms with Crippen molar-refractivity contribution in [3.63, 3.8) is 0 Å². The smallest absolute Gasteiger partial charge is 0.253 e. The number of piperidine rings is 1. The number of carbonyl (C=O) groups is 1. The fourth-order valence-electron chi connectivity index (χ4n) is 4.27. The lowest BCUT2D eigenvalue weighted by Crippen LogP contribution is -2.44. The first kappa shape index (κ1) is 19.5. The Balaban J connectivity index is 0.00000196. The maximum Gasteiger partial charge on any atom is 0.253 e. The Morgan fingerprint density at radius 3 is 2.85 bits per heavy atom. The molecule has 1 unspecified atom stereocenters. The highest BCUT2D eigenvalue weighted by molar-refractivity contribution is 5.94. The van der Waals surface area contributed by atoms with E-state index in [1.807, 2.05) is 29.2 Å². The molecular weight excluding hydrogens is 352 g/mol. The molecule has 1 N–H and O–H groups in total. The summed E-state index contributed by atoms with van der Waals surface area (Å²) in [6, 6.07) is 7.59. The van der Waals surface area contributed by atoms with E-state index >= 15 is 0 Å². The van der Waals surface area contributed by atoms with Crippen LogP contribution >= 0.6 is 12.4 Å². The minimum absolute atomic E-state index is 0. The van der Waals surface area contributed by atoms with Crippen molar-refractivity contribution in [2.75, 3.05) is 39.4 Å². The minimum Gasteiger partial charge on any atom is -0.491 e. The van der Waals surface area contributed by atoms with E-state index < -0.39 is 0 Å². The van der Waals surface area contributed by atoms with Crippen LogP contribution < -0.4 is 10.1 Å². The number of hydrogen-bond acceptors (Lipinski definition) is 4. The fourth-order valence-corrected chi connectivity index (χ4v) is 4.27. The summed E-state index contributed by atoms with van der Waals surface area (Å²) in [5.41, 5.74) is 1.16. The molecule has 26 heavy (non-hydrogen) atoms. The highest BCUT2D eigenvalue weighted by Gasteiger charge is 2.38. The van der Waals surface area contributed by atoms with Gasteiger partial charge in [-0.05, 0) is 62.3 Å². The average Bonchev–Trinajstić information content (AvgIpc) is 3.33. The summed E-state index contributed by atoms with van der Waals surface area (Å²) >= 11 is 0. The molecule has 1 atom stereocenters. The molecule has 0 aliphatic carbocycles. The van der Waals surface area contributed by atoms with E-state index in [0.717, 1.165) is 69.8 Å². The molecule has 1 aromatic rings. The van der Waals surface area contributed by atoms with Gasteiger partial charge in [0.1, 0.15) is 12.4 Å². The van der Waals surface area contributed by atoms with Crippen LogP contribution in [0, 0.1) is 5.41 Å². The molecule has 1 amide bonds. The number of hydrogen-bond donors (Lipinski definition) is 1. The molecule has 0 radical (unpaired) electrons. The van der Waals surface area contributed by atoms with Crippen LogP contribution in [-0.2, 0) is 4.74 Å². The molecule has 144 valence electrons. The third-order valence-electron chi connectivity index (χ3n) is 5.98. The van der Waals surface area contributed by atoms with E-state index in [4.69, 9.17) is 9.47 Å². The summed E-state index contributed by atoms with van der Waals surface area (Å²) in [7, 11) is 0. The zero-order chi connectivity index (χ0) is 17.1. The lowest BCUT2D eigenvalue weighted by molar-refractivity contribution is 0.0605. The second-order valence-corrected chi connectivity index (χ2v) is 7.69. The lowest BCUT2D eigenvalue weighted by atomic mass is 9.78. The van der Waals surface area contributed by atoms with Gasteiger partial charge in [0, 0.05) is 31.8 Å². The van der Waals surface area contributed by atoms with Crippen LogP contribution in [-0.4, -0.2) is 56.3 Å². The summed E-state index contributed by atoms with van der Waals surface area (Å²) in [6.45, 7) is 5.36. The fraction of sp³-hybridized carbons (Fsp3) is 0.650. The predicted octanol–water partition coefficient (Wildman–Crippen LogP) is 2.88. The molecule has 5 nitrogen and oxygen atoms in total. The number of benzene rings is 1. The second kappa shape index (κ2) is 8.59. The van der Waals surface area contributed by atoms with Gasteiger partial charge in [-0.2, -0.15) is 0 Å². The highest BCUT2D eigenvalue weighted by atomic mass is 35.5. The van der Waals surface area contributed by atoms with Gasteiger partial charge >= 0.3 is 0 Å². The normalized spacial score (nSPS) is 24.5. The molecule has 3 aliphatic heterocycles. The van der Waals surface area contributed by atoms with Gasteiger partial charge < -0.3 is 19.7 Å². The molecule has 0 bridgehead atoms. The maximum atomic E-state index is 12.8. The molecule has 6 heteroatoms. The van der Waals surface area contributed by atoms with Crippen LogP contribution in [0.25, 0.3) is 0 Å². The van der Waals surface area contributed by atoms with E-state index in [1.54, 1.807) is 0 Å². The largest absolute Gasteiger partial charge is 0.491 e. The number of rotatable bonds is 4. The van der Waals surface area contributed by atoms with Crippen molar-refractivity contribution in [1.82, 2.24) is 10.2 Å². The third kappa shape index (κ3) is 4.33. The van der Waals surface area contributed by atoms with Crippen molar-refractivity contribution < 1.29 is 14.3 Å². The summed E-state index contributed by atoms with van der Waals surface area (Å²) < 4.78 is 11.4. The Bertz CT molecular complexity index is 603. The van der Waals surface area contributed by atoms with Crippen molar-refractivity contribution in [3.8, 4) is 5.75 Å². The molecule has 3 heterocycles. The van der Waals surface area contributed by atoms with E-state index in [2.05, 4.69) is 5.32 Å². The topological polar surface area (TPSA) is 50.8 Å². The summed E-state index contributed by atoms with van der Waals surface area (Å²) in [4.78, 5) is 14.8. The van der Waals surface area contributed by atoms with Gasteiger partial charge in [-0.3, -0.25) is 4.79 Å². The van der Waals surface area contributed by atoms with Crippen LogP contribution in [0.1, 0.15) is 42.5 Å². The van der Waals surface area contributed by atoms with Gasteiger partial charge in [0.05, 0.1) is 6.10 Å². The Morgan fingerprint density at radius 2 is 2.15 bits per heavy atom. The zero-order valence-electron chi connectivity index (χ0n) is 15.2. The highest BCUT2D eigenvalue weighted by Crippen LogP contribution is 2.37.